The molecule has 1 heterocycles. The molecular weight excluding hydrogens is 196 g/mol. The second-order valence-electron chi connectivity index (χ2n) is 5.58. The summed E-state index contributed by atoms with van der Waals surface area (Å²) in [5.74, 6) is 0. The first-order valence-electron chi connectivity index (χ1n) is 6.13. The summed E-state index contributed by atoms with van der Waals surface area (Å²) in [7, 11) is 0. The third-order valence-corrected chi connectivity index (χ3v) is 2.58. The van der Waals surface area contributed by atoms with Crippen LogP contribution in [-0.4, -0.2) is 17.6 Å². The van der Waals surface area contributed by atoms with Crippen molar-refractivity contribution >= 4 is 0 Å². The molecule has 0 spiro atoms. The molecule has 0 aliphatic rings. The number of nitrogens with zero attached hydrogens (tertiary/aromatic N) is 1. The molecule has 0 amide bonds. The fourth-order valence-corrected chi connectivity index (χ4v) is 2.05. The van der Waals surface area contributed by atoms with Crippen molar-refractivity contribution in [2.75, 3.05) is 6.54 Å². The van der Waals surface area contributed by atoms with Crippen molar-refractivity contribution in [3.05, 3.63) is 30.1 Å². The maximum atomic E-state index is 4.05. The minimum absolute atomic E-state index is 0.375. The van der Waals surface area contributed by atoms with Crippen molar-refractivity contribution < 1.29 is 0 Å². The van der Waals surface area contributed by atoms with Crippen LogP contribution in [0.2, 0.25) is 0 Å². The van der Waals surface area contributed by atoms with Crippen LogP contribution in [0.15, 0.2) is 24.5 Å². The predicted molar refractivity (Wildman–Crippen MR) is 69.5 cm³/mol. The number of pyridine rings is 1. The van der Waals surface area contributed by atoms with E-state index in [1.165, 1.54) is 12.0 Å². The monoisotopic (exact) mass is 220 g/mol. The predicted octanol–water partition coefficient (Wildman–Crippen LogP) is 3.04. The Kier molecular flexibility index (Phi) is 4.94. The average Bonchev–Trinajstić information content (AvgIpc) is 2.17. The van der Waals surface area contributed by atoms with Gasteiger partial charge in [0.05, 0.1) is 0 Å². The van der Waals surface area contributed by atoms with E-state index < -0.39 is 0 Å². The zero-order valence-electron chi connectivity index (χ0n) is 11.0. The lowest BCUT2D eigenvalue weighted by Gasteiger charge is -2.26. The fraction of sp³-hybridized carbons (Fsp3) is 0.643. The van der Waals surface area contributed by atoms with Crippen molar-refractivity contribution in [3.63, 3.8) is 0 Å². The SMILES string of the molecule is CCNC(Cc1ccncc1)CC(C)(C)C. The number of aromatic nitrogens is 1. The summed E-state index contributed by atoms with van der Waals surface area (Å²) in [6.45, 7) is 10.1. The van der Waals surface area contributed by atoms with Crippen LogP contribution < -0.4 is 5.32 Å². The van der Waals surface area contributed by atoms with Gasteiger partial charge in [-0.15, -0.1) is 0 Å². The summed E-state index contributed by atoms with van der Waals surface area (Å²) in [6, 6.07) is 4.77. The molecule has 90 valence electrons. The third kappa shape index (κ3) is 5.26. The van der Waals surface area contributed by atoms with E-state index in [1.807, 2.05) is 12.4 Å². The van der Waals surface area contributed by atoms with Crippen LogP contribution in [0.5, 0.6) is 0 Å². The highest BCUT2D eigenvalue weighted by atomic mass is 14.9. The summed E-state index contributed by atoms with van der Waals surface area (Å²) in [4.78, 5) is 4.05. The first kappa shape index (κ1) is 13.2. The van der Waals surface area contributed by atoms with E-state index >= 15 is 0 Å². The number of nitrogens with one attached hydrogen (secondary N) is 1. The molecule has 0 fully saturated rings. The van der Waals surface area contributed by atoms with Gasteiger partial charge in [0.2, 0.25) is 0 Å². The highest BCUT2D eigenvalue weighted by Gasteiger charge is 2.18. The topological polar surface area (TPSA) is 24.9 Å². The van der Waals surface area contributed by atoms with E-state index in [9.17, 15) is 0 Å². The number of hydrogen-bond donors (Lipinski definition) is 1. The molecule has 0 aliphatic heterocycles. The van der Waals surface area contributed by atoms with Crippen molar-refractivity contribution in [2.45, 2.75) is 46.6 Å². The van der Waals surface area contributed by atoms with E-state index in [0.29, 0.717) is 11.5 Å². The lowest BCUT2D eigenvalue weighted by atomic mass is 9.86. The zero-order valence-corrected chi connectivity index (χ0v) is 11.0. The van der Waals surface area contributed by atoms with Gasteiger partial charge in [0.25, 0.3) is 0 Å². The number of rotatable bonds is 5. The first-order valence-corrected chi connectivity index (χ1v) is 6.13. The molecule has 1 rings (SSSR count). The summed E-state index contributed by atoms with van der Waals surface area (Å²) < 4.78 is 0. The largest absolute Gasteiger partial charge is 0.314 e. The lowest BCUT2D eigenvalue weighted by molar-refractivity contribution is 0.309. The molecule has 1 unspecified atom stereocenters. The Morgan fingerprint density at radius 2 is 1.88 bits per heavy atom. The number of hydrogen-bond acceptors (Lipinski definition) is 2. The molecular formula is C14H24N2. The highest BCUT2D eigenvalue weighted by molar-refractivity contribution is 5.11. The van der Waals surface area contributed by atoms with E-state index in [2.05, 4.69) is 50.1 Å². The van der Waals surface area contributed by atoms with Gasteiger partial charge in [-0.05, 0) is 42.5 Å². The van der Waals surface area contributed by atoms with Gasteiger partial charge in [0, 0.05) is 18.4 Å². The Morgan fingerprint density at radius 3 is 2.38 bits per heavy atom. The van der Waals surface area contributed by atoms with Crippen molar-refractivity contribution in [1.82, 2.24) is 10.3 Å². The standard InChI is InChI=1S/C14H24N2/c1-5-16-13(11-14(2,3)4)10-12-6-8-15-9-7-12/h6-9,13,16H,5,10-11H2,1-4H3. The van der Waals surface area contributed by atoms with Gasteiger partial charge in [-0.2, -0.15) is 0 Å². The molecule has 2 nitrogen and oxygen atoms in total. The Morgan fingerprint density at radius 1 is 1.25 bits per heavy atom. The zero-order chi connectivity index (χ0) is 12.0. The summed E-state index contributed by atoms with van der Waals surface area (Å²) in [6.07, 6.45) is 6.03. The van der Waals surface area contributed by atoms with Crippen molar-refractivity contribution in [1.29, 1.82) is 0 Å². The van der Waals surface area contributed by atoms with E-state index in [4.69, 9.17) is 0 Å². The van der Waals surface area contributed by atoms with Gasteiger partial charge in [-0.3, -0.25) is 4.98 Å². The molecule has 0 aliphatic carbocycles. The summed E-state index contributed by atoms with van der Waals surface area (Å²) in [5.41, 5.74) is 1.74. The van der Waals surface area contributed by atoms with E-state index in [1.54, 1.807) is 0 Å². The average molecular weight is 220 g/mol. The van der Waals surface area contributed by atoms with E-state index in [-0.39, 0.29) is 0 Å². The molecule has 0 saturated carbocycles. The van der Waals surface area contributed by atoms with Crippen LogP contribution in [0, 0.1) is 5.41 Å². The highest BCUT2D eigenvalue weighted by Crippen LogP contribution is 2.22. The van der Waals surface area contributed by atoms with Crippen LogP contribution in [0.3, 0.4) is 0 Å². The van der Waals surface area contributed by atoms with Crippen LogP contribution >= 0.6 is 0 Å². The Hall–Kier alpha value is -0.890. The molecule has 1 aromatic rings. The minimum Gasteiger partial charge on any atom is -0.314 e. The fourth-order valence-electron chi connectivity index (χ4n) is 2.05. The second kappa shape index (κ2) is 6.00. The number of likely N-dealkylation sites (N-methyl/N-ethyl adjacent to an activating group) is 1. The molecule has 0 saturated heterocycles. The van der Waals surface area contributed by atoms with Crippen LogP contribution in [0.1, 0.15) is 39.7 Å². The van der Waals surface area contributed by atoms with Crippen molar-refractivity contribution in [2.24, 2.45) is 5.41 Å². The van der Waals surface area contributed by atoms with Crippen LogP contribution in [0.4, 0.5) is 0 Å². The van der Waals surface area contributed by atoms with Gasteiger partial charge >= 0.3 is 0 Å². The lowest BCUT2D eigenvalue weighted by Crippen LogP contribution is -2.34. The third-order valence-electron chi connectivity index (χ3n) is 2.58. The molecule has 1 N–H and O–H groups in total. The van der Waals surface area contributed by atoms with Gasteiger partial charge in [0.1, 0.15) is 0 Å². The van der Waals surface area contributed by atoms with Gasteiger partial charge in [-0.25, -0.2) is 0 Å². The molecule has 16 heavy (non-hydrogen) atoms. The van der Waals surface area contributed by atoms with Gasteiger partial charge in [-0.1, -0.05) is 27.7 Å². The Labute approximate surface area is 99.5 Å². The molecule has 1 atom stereocenters. The van der Waals surface area contributed by atoms with Gasteiger partial charge in [0.15, 0.2) is 0 Å². The smallest absolute Gasteiger partial charge is 0.0270 e. The van der Waals surface area contributed by atoms with E-state index in [0.717, 1.165) is 13.0 Å². The quantitative estimate of drug-likeness (QED) is 0.825. The minimum atomic E-state index is 0.375. The molecule has 2 heteroatoms. The normalized spacial score (nSPS) is 13.8. The maximum absolute atomic E-state index is 4.05. The van der Waals surface area contributed by atoms with Crippen LogP contribution in [0.25, 0.3) is 0 Å². The molecule has 0 radical (unpaired) electrons. The summed E-state index contributed by atoms with van der Waals surface area (Å²) in [5, 5.41) is 3.57. The summed E-state index contributed by atoms with van der Waals surface area (Å²) >= 11 is 0. The molecule has 1 aromatic heterocycles. The Balaban J connectivity index is 2.58. The Bertz CT molecular complexity index is 287. The maximum Gasteiger partial charge on any atom is 0.0270 e. The molecule has 0 aromatic carbocycles. The molecule has 0 bridgehead atoms. The van der Waals surface area contributed by atoms with Crippen LogP contribution in [-0.2, 0) is 6.42 Å². The van der Waals surface area contributed by atoms with Crippen molar-refractivity contribution in [3.8, 4) is 0 Å². The first-order chi connectivity index (χ1) is 7.51. The van der Waals surface area contributed by atoms with Gasteiger partial charge < -0.3 is 5.32 Å². The second-order valence-corrected chi connectivity index (χ2v) is 5.58.